The van der Waals surface area contributed by atoms with Gasteiger partial charge in [-0.25, -0.2) is 4.79 Å². The third-order valence-electron chi connectivity index (χ3n) is 6.73. The van der Waals surface area contributed by atoms with E-state index < -0.39 is 5.60 Å². The largest absolute Gasteiger partial charge is 0.444 e. The van der Waals surface area contributed by atoms with E-state index in [9.17, 15) is 14.4 Å². The Morgan fingerprint density at radius 2 is 0.704 bits per heavy atom. The molecule has 0 aromatic carbocycles. The van der Waals surface area contributed by atoms with Crippen molar-refractivity contribution in [2.45, 2.75) is 26.4 Å². The summed E-state index contributed by atoms with van der Waals surface area (Å²) >= 11 is 0. The summed E-state index contributed by atoms with van der Waals surface area (Å²) in [4.78, 5) is 37.3. The Kier molecular flexibility index (Phi) is 32.3. The third kappa shape index (κ3) is 32.0. The van der Waals surface area contributed by atoms with Gasteiger partial charge in [0.2, 0.25) is 0 Å². The zero-order chi connectivity index (χ0) is 39.4. The minimum Gasteiger partial charge on any atom is -0.444 e. The molecule has 0 saturated heterocycles. The van der Waals surface area contributed by atoms with Gasteiger partial charge in [-0.1, -0.05) is 0 Å². The smallest absolute Gasteiger partial charge is 0.410 e. The fraction of sp³-hybridized carbons (Fsp3) is 0.861. The Labute approximate surface area is 320 Å². The summed E-state index contributed by atoms with van der Waals surface area (Å²) in [6.45, 7) is 17.0. The molecule has 3 amide bonds. The predicted octanol–water partition coefficient (Wildman–Crippen LogP) is 0.978. The molecular formula is C36H66N2O16. The predicted molar refractivity (Wildman–Crippen MR) is 195 cm³/mol. The number of rotatable bonds is 39. The van der Waals surface area contributed by atoms with E-state index >= 15 is 0 Å². The Bertz CT molecular complexity index is 934. The highest BCUT2D eigenvalue weighted by Crippen LogP contribution is 2.08. The summed E-state index contributed by atoms with van der Waals surface area (Å²) in [5, 5.41) is 0. The highest BCUT2D eigenvalue weighted by Gasteiger charge is 2.22. The average Bonchev–Trinajstić information content (AvgIpc) is 3.46. The quantitative estimate of drug-likeness (QED) is 0.0636. The topological polar surface area (TPSA) is 178 Å². The van der Waals surface area contributed by atoms with Crippen LogP contribution in [0, 0.1) is 0 Å². The van der Waals surface area contributed by atoms with Crippen molar-refractivity contribution in [3.05, 3.63) is 12.2 Å². The molecule has 0 spiro atoms. The molecule has 0 atom stereocenters. The van der Waals surface area contributed by atoms with Crippen molar-refractivity contribution in [2.75, 3.05) is 179 Å². The first-order valence-corrected chi connectivity index (χ1v) is 18.6. The van der Waals surface area contributed by atoms with E-state index in [0.29, 0.717) is 159 Å². The molecule has 0 N–H and O–H groups in total. The molecule has 1 aliphatic rings. The summed E-state index contributed by atoms with van der Waals surface area (Å²) in [5.74, 6) is -0.621. The third-order valence-corrected chi connectivity index (χ3v) is 6.73. The Balaban J connectivity index is 1.64. The molecule has 18 heteroatoms. The lowest BCUT2D eigenvalue weighted by Crippen LogP contribution is -2.36. The lowest BCUT2D eigenvalue weighted by Gasteiger charge is -2.24. The van der Waals surface area contributed by atoms with E-state index in [2.05, 4.69) is 0 Å². The molecule has 0 aliphatic carbocycles. The van der Waals surface area contributed by atoms with Gasteiger partial charge in [0.25, 0.3) is 11.8 Å². The maximum absolute atomic E-state index is 11.9. The second-order valence-corrected chi connectivity index (χ2v) is 12.4. The van der Waals surface area contributed by atoms with E-state index in [4.69, 9.17) is 61.6 Å². The van der Waals surface area contributed by atoms with Crippen molar-refractivity contribution in [1.29, 1.82) is 0 Å². The summed E-state index contributed by atoms with van der Waals surface area (Å²) in [7, 11) is 1.68. The van der Waals surface area contributed by atoms with Crippen LogP contribution in [-0.4, -0.2) is 212 Å². The van der Waals surface area contributed by atoms with Crippen molar-refractivity contribution in [1.82, 2.24) is 9.80 Å². The van der Waals surface area contributed by atoms with Crippen molar-refractivity contribution in [3.63, 3.8) is 0 Å². The number of likely N-dealkylation sites (N-methyl/N-ethyl adjacent to an activating group) is 1. The minimum atomic E-state index is -0.517. The highest BCUT2D eigenvalue weighted by atomic mass is 16.6. The summed E-state index contributed by atoms with van der Waals surface area (Å²) < 4.78 is 70.8. The number of ether oxygens (including phenoxy) is 13. The van der Waals surface area contributed by atoms with Crippen LogP contribution in [0.1, 0.15) is 20.8 Å². The van der Waals surface area contributed by atoms with Crippen LogP contribution in [-0.2, 0) is 71.2 Å². The number of hydrogen-bond acceptors (Lipinski definition) is 16. The van der Waals surface area contributed by atoms with Crippen LogP contribution in [0.4, 0.5) is 4.79 Å². The molecule has 1 aliphatic heterocycles. The van der Waals surface area contributed by atoms with Gasteiger partial charge in [0.05, 0.1) is 165 Å². The van der Waals surface area contributed by atoms with E-state index in [1.54, 1.807) is 7.05 Å². The van der Waals surface area contributed by atoms with Crippen molar-refractivity contribution >= 4 is 17.9 Å². The molecule has 18 nitrogen and oxygen atoms in total. The highest BCUT2D eigenvalue weighted by molar-refractivity contribution is 6.12. The number of hydrogen-bond donors (Lipinski definition) is 0. The van der Waals surface area contributed by atoms with Crippen LogP contribution in [0.3, 0.4) is 0 Å². The van der Waals surface area contributed by atoms with Crippen LogP contribution >= 0.6 is 0 Å². The number of amides is 3. The monoisotopic (exact) mass is 782 g/mol. The fourth-order valence-corrected chi connectivity index (χ4v) is 3.96. The van der Waals surface area contributed by atoms with Gasteiger partial charge < -0.3 is 66.5 Å². The first-order chi connectivity index (χ1) is 26.2. The second kappa shape index (κ2) is 35.1. The summed E-state index contributed by atoms with van der Waals surface area (Å²) in [6, 6.07) is 0. The van der Waals surface area contributed by atoms with Crippen molar-refractivity contribution < 1.29 is 76.0 Å². The standard InChI is InChI=1S/C36H66N2O16/c1-36(2,3)54-35(41)37(4)7-9-42-11-13-44-15-17-46-19-21-48-23-25-50-27-29-52-31-32-53-30-28-51-26-24-49-22-20-47-18-16-45-14-12-43-10-8-38-33(39)5-6-34(38)40/h5-6H,7-32H2,1-4H3. The second-order valence-electron chi connectivity index (χ2n) is 12.4. The molecule has 0 bridgehead atoms. The molecule has 0 fully saturated rings. The zero-order valence-electron chi connectivity index (χ0n) is 33.0. The van der Waals surface area contributed by atoms with Gasteiger partial charge in [-0.3, -0.25) is 14.5 Å². The maximum Gasteiger partial charge on any atom is 0.410 e. The zero-order valence-corrected chi connectivity index (χ0v) is 33.0. The van der Waals surface area contributed by atoms with E-state index in [1.807, 2.05) is 20.8 Å². The van der Waals surface area contributed by atoms with Crippen molar-refractivity contribution in [3.8, 4) is 0 Å². The molecule has 1 heterocycles. The summed E-state index contributed by atoms with van der Waals surface area (Å²) in [6.07, 6.45) is 2.13. The molecular weight excluding hydrogens is 716 g/mol. The SMILES string of the molecule is CN(CCOCCOCCOCCOCCOCCOCCOCCOCCOCCOCCOCCOCCN1C(=O)C=CC1=O)C(=O)OC(C)(C)C. The van der Waals surface area contributed by atoms with Gasteiger partial charge in [0, 0.05) is 25.7 Å². The van der Waals surface area contributed by atoms with Gasteiger partial charge in [-0.05, 0) is 20.8 Å². The van der Waals surface area contributed by atoms with Gasteiger partial charge in [0.15, 0.2) is 0 Å². The Hall–Kier alpha value is -2.33. The van der Waals surface area contributed by atoms with Gasteiger partial charge in [-0.15, -0.1) is 0 Å². The molecule has 0 radical (unpaired) electrons. The number of imide groups is 1. The van der Waals surface area contributed by atoms with Gasteiger partial charge in [0.1, 0.15) is 5.60 Å². The first-order valence-electron chi connectivity index (χ1n) is 18.6. The van der Waals surface area contributed by atoms with Crippen LogP contribution in [0.15, 0.2) is 12.2 Å². The first kappa shape index (κ1) is 49.7. The fourth-order valence-electron chi connectivity index (χ4n) is 3.96. The molecule has 0 unspecified atom stereocenters. The van der Waals surface area contributed by atoms with Crippen LogP contribution in [0.2, 0.25) is 0 Å². The van der Waals surface area contributed by atoms with Crippen molar-refractivity contribution in [2.24, 2.45) is 0 Å². The van der Waals surface area contributed by atoms with Crippen LogP contribution in [0.25, 0.3) is 0 Å². The lowest BCUT2D eigenvalue weighted by molar-refractivity contribution is -0.137. The molecule has 0 aromatic heterocycles. The Morgan fingerprint density at radius 3 is 0.963 bits per heavy atom. The van der Waals surface area contributed by atoms with E-state index in [0.717, 1.165) is 4.90 Å². The normalized spacial score (nSPS) is 13.1. The van der Waals surface area contributed by atoms with Crippen LogP contribution < -0.4 is 0 Å². The van der Waals surface area contributed by atoms with E-state index in [1.165, 1.54) is 17.1 Å². The number of nitrogens with zero attached hydrogens (tertiary/aromatic N) is 2. The van der Waals surface area contributed by atoms with E-state index in [-0.39, 0.29) is 31.1 Å². The molecule has 316 valence electrons. The summed E-state index contributed by atoms with van der Waals surface area (Å²) in [5.41, 5.74) is -0.517. The minimum absolute atomic E-state index is 0.234. The molecule has 1 rings (SSSR count). The molecule has 54 heavy (non-hydrogen) atoms. The lowest BCUT2D eigenvalue weighted by atomic mass is 10.2. The molecule has 0 saturated carbocycles. The number of carbonyl (C=O) groups is 3. The van der Waals surface area contributed by atoms with Gasteiger partial charge >= 0.3 is 6.09 Å². The number of carbonyl (C=O) groups excluding carboxylic acids is 3. The Morgan fingerprint density at radius 1 is 0.463 bits per heavy atom. The average molecular weight is 783 g/mol. The molecule has 0 aromatic rings. The maximum atomic E-state index is 11.9. The van der Waals surface area contributed by atoms with Crippen LogP contribution in [0.5, 0.6) is 0 Å². The van der Waals surface area contributed by atoms with Gasteiger partial charge in [-0.2, -0.15) is 0 Å².